The summed E-state index contributed by atoms with van der Waals surface area (Å²) in [6.07, 6.45) is 3.02. The largest absolute Gasteiger partial charge is 0.395 e. The molecule has 1 aromatic carbocycles. The van der Waals surface area contributed by atoms with E-state index in [-0.39, 0.29) is 18.2 Å². The van der Waals surface area contributed by atoms with Crippen LogP contribution in [0.15, 0.2) is 18.2 Å². The van der Waals surface area contributed by atoms with Gasteiger partial charge in [0, 0.05) is 18.4 Å². The van der Waals surface area contributed by atoms with Gasteiger partial charge >= 0.3 is 0 Å². The van der Waals surface area contributed by atoms with Crippen molar-refractivity contribution in [3.63, 3.8) is 0 Å². The van der Waals surface area contributed by atoms with Crippen molar-refractivity contribution in [1.82, 2.24) is 0 Å². The molecule has 19 heavy (non-hydrogen) atoms. The van der Waals surface area contributed by atoms with Gasteiger partial charge in [0.2, 0.25) is 5.91 Å². The van der Waals surface area contributed by atoms with Crippen molar-refractivity contribution in [1.29, 1.82) is 0 Å². The maximum absolute atomic E-state index is 13.7. The van der Waals surface area contributed by atoms with Crippen molar-refractivity contribution >= 4 is 11.6 Å². The van der Waals surface area contributed by atoms with Crippen LogP contribution in [0.4, 0.5) is 10.1 Å². The first-order chi connectivity index (χ1) is 9.19. The van der Waals surface area contributed by atoms with Crippen LogP contribution < -0.4 is 5.32 Å². The average molecular weight is 261 g/mol. The number of hydrogen-bond donors (Lipinski definition) is 2. The predicted octanol–water partition coefficient (Wildman–Crippen LogP) is 2.30. The summed E-state index contributed by atoms with van der Waals surface area (Å²) in [5, 5.41) is 11.2. The Morgan fingerprint density at radius 2 is 2.26 bits per heavy atom. The third-order valence-electron chi connectivity index (χ3n) is 2.88. The van der Waals surface area contributed by atoms with Crippen LogP contribution >= 0.6 is 0 Å². The second kappa shape index (κ2) is 6.35. The molecule has 3 nitrogen and oxygen atoms in total. The number of aliphatic hydroxyl groups is 1. The summed E-state index contributed by atoms with van der Waals surface area (Å²) in [5.41, 5.74) is 0.726. The molecule has 4 heteroatoms. The lowest BCUT2D eigenvalue weighted by Crippen LogP contribution is -2.13. The molecule has 0 aliphatic heterocycles. The fourth-order valence-electron chi connectivity index (χ4n) is 1.70. The van der Waals surface area contributed by atoms with E-state index >= 15 is 0 Å². The Morgan fingerprint density at radius 3 is 2.89 bits per heavy atom. The number of anilines is 1. The van der Waals surface area contributed by atoms with Crippen LogP contribution in [0.25, 0.3) is 0 Å². The van der Waals surface area contributed by atoms with E-state index < -0.39 is 5.82 Å². The molecular weight excluding hydrogens is 245 g/mol. The minimum atomic E-state index is -0.486. The quantitative estimate of drug-likeness (QED) is 0.817. The number of rotatable bonds is 4. The van der Waals surface area contributed by atoms with Crippen molar-refractivity contribution in [3.05, 3.63) is 29.6 Å². The van der Waals surface area contributed by atoms with Gasteiger partial charge in [-0.2, -0.15) is 0 Å². The van der Waals surface area contributed by atoms with E-state index in [0.717, 1.165) is 12.8 Å². The van der Waals surface area contributed by atoms with Gasteiger partial charge in [0.25, 0.3) is 0 Å². The maximum Gasteiger partial charge on any atom is 0.224 e. The van der Waals surface area contributed by atoms with E-state index in [9.17, 15) is 9.18 Å². The molecule has 100 valence electrons. The lowest BCUT2D eigenvalue weighted by atomic mass is 10.2. The molecule has 1 amide bonds. The molecule has 0 radical (unpaired) electrons. The third-order valence-corrected chi connectivity index (χ3v) is 2.88. The molecule has 1 aliphatic carbocycles. The molecule has 0 saturated heterocycles. The molecule has 1 saturated carbocycles. The van der Waals surface area contributed by atoms with Gasteiger partial charge in [0.05, 0.1) is 12.3 Å². The van der Waals surface area contributed by atoms with E-state index in [4.69, 9.17) is 5.11 Å². The van der Waals surface area contributed by atoms with Crippen LogP contribution in [0.2, 0.25) is 0 Å². The van der Waals surface area contributed by atoms with Crippen LogP contribution in [-0.2, 0) is 4.79 Å². The van der Waals surface area contributed by atoms with Crippen LogP contribution in [0, 0.1) is 23.6 Å². The van der Waals surface area contributed by atoms with E-state index in [1.54, 1.807) is 6.07 Å². The van der Waals surface area contributed by atoms with Gasteiger partial charge in [-0.25, -0.2) is 4.39 Å². The predicted molar refractivity (Wildman–Crippen MR) is 71.0 cm³/mol. The molecule has 0 bridgehead atoms. The molecule has 1 fully saturated rings. The van der Waals surface area contributed by atoms with Crippen molar-refractivity contribution in [2.24, 2.45) is 5.92 Å². The summed E-state index contributed by atoms with van der Waals surface area (Å²) in [6.45, 7) is -0.00914. The summed E-state index contributed by atoms with van der Waals surface area (Å²) < 4.78 is 13.7. The van der Waals surface area contributed by atoms with E-state index in [0.29, 0.717) is 24.3 Å². The normalized spacial score (nSPS) is 13.6. The first kappa shape index (κ1) is 13.6. The smallest absolute Gasteiger partial charge is 0.224 e. The topological polar surface area (TPSA) is 49.3 Å². The van der Waals surface area contributed by atoms with Crippen molar-refractivity contribution in [2.75, 3.05) is 11.9 Å². The van der Waals surface area contributed by atoms with E-state index in [2.05, 4.69) is 17.2 Å². The first-order valence-electron chi connectivity index (χ1n) is 6.38. The van der Waals surface area contributed by atoms with Gasteiger partial charge in [-0.1, -0.05) is 11.8 Å². The van der Waals surface area contributed by atoms with Crippen LogP contribution in [-0.4, -0.2) is 17.6 Å². The van der Waals surface area contributed by atoms with Crippen LogP contribution in [0.1, 0.15) is 31.2 Å². The Kier molecular flexibility index (Phi) is 4.53. The number of carbonyl (C=O) groups is 1. The second-order valence-corrected chi connectivity index (χ2v) is 4.67. The molecule has 0 spiro atoms. The molecule has 0 aromatic heterocycles. The summed E-state index contributed by atoms with van der Waals surface area (Å²) in [5.74, 6) is 5.32. The van der Waals surface area contributed by atoms with Gasteiger partial charge < -0.3 is 10.4 Å². The third kappa shape index (κ3) is 4.38. The number of benzene rings is 1. The molecular formula is C15H16FNO2. The summed E-state index contributed by atoms with van der Waals surface area (Å²) in [7, 11) is 0. The number of nitrogens with one attached hydrogen (secondary N) is 1. The molecule has 0 atom stereocenters. The maximum atomic E-state index is 13.7. The Hall–Kier alpha value is -1.86. The Morgan fingerprint density at radius 1 is 1.47 bits per heavy atom. The Bertz CT molecular complexity index is 527. The number of hydrogen-bond acceptors (Lipinski definition) is 2. The summed E-state index contributed by atoms with van der Waals surface area (Å²) in [6, 6.07) is 4.46. The van der Waals surface area contributed by atoms with Crippen molar-refractivity contribution < 1.29 is 14.3 Å². The van der Waals surface area contributed by atoms with Gasteiger partial charge in [-0.05, 0) is 37.0 Å². The monoisotopic (exact) mass is 261 g/mol. The number of aliphatic hydroxyl groups excluding tert-OH is 1. The fraction of sp³-hybridized carbons (Fsp3) is 0.400. The second-order valence-electron chi connectivity index (χ2n) is 4.67. The Balaban J connectivity index is 1.98. The molecule has 1 aromatic rings. The highest BCUT2D eigenvalue weighted by atomic mass is 19.1. The van der Waals surface area contributed by atoms with E-state index in [1.165, 1.54) is 12.1 Å². The zero-order chi connectivity index (χ0) is 13.7. The molecule has 2 N–H and O–H groups in total. The highest BCUT2D eigenvalue weighted by Crippen LogP contribution is 2.32. The zero-order valence-corrected chi connectivity index (χ0v) is 10.6. The number of amides is 1. The van der Waals surface area contributed by atoms with Crippen molar-refractivity contribution in [2.45, 2.75) is 25.7 Å². The summed E-state index contributed by atoms with van der Waals surface area (Å²) >= 11 is 0. The zero-order valence-electron chi connectivity index (χ0n) is 10.6. The van der Waals surface area contributed by atoms with Crippen LogP contribution in [0.3, 0.4) is 0 Å². The van der Waals surface area contributed by atoms with E-state index in [1.807, 2.05) is 0 Å². The summed E-state index contributed by atoms with van der Waals surface area (Å²) in [4.78, 5) is 11.6. The number of carbonyl (C=O) groups excluding carboxylic acids is 1. The molecule has 0 heterocycles. The average Bonchev–Trinajstić information content (AvgIpc) is 3.17. The Labute approximate surface area is 111 Å². The standard InChI is InChI=1S/C15H16FNO2/c16-13-9-11(3-1-2-8-18)6-7-14(13)17-15(19)10-12-4-5-12/h6-7,9,12,18H,2,4-5,8,10H2,(H,17,19). The lowest BCUT2D eigenvalue weighted by Gasteiger charge is -2.06. The van der Waals surface area contributed by atoms with Crippen molar-refractivity contribution in [3.8, 4) is 11.8 Å². The molecule has 1 aliphatic rings. The SMILES string of the molecule is O=C(CC1CC1)Nc1ccc(C#CCCO)cc1F. The minimum Gasteiger partial charge on any atom is -0.395 e. The van der Waals surface area contributed by atoms with Gasteiger partial charge in [0.1, 0.15) is 5.82 Å². The number of halogens is 1. The van der Waals surface area contributed by atoms with Gasteiger partial charge in [-0.15, -0.1) is 0 Å². The van der Waals surface area contributed by atoms with Crippen LogP contribution in [0.5, 0.6) is 0 Å². The lowest BCUT2D eigenvalue weighted by molar-refractivity contribution is -0.116. The molecule has 2 rings (SSSR count). The fourth-order valence-corrected chi connectivity index (χ4v) is 1.70. The highest BCUT2D eigenvalue weighted by molar-refractivity contribution is 5.91. The van der Waals surface area contributed by atoms with Gasteiger partial charge in [0.15, 0.2) is 0 Å². The molecule has 0 unspecified atom stereocenters. The highest BCUT2D eigenvalue weighted by Gasteiger charge is 2.24. The minimum absolute atomic E-state index is 0.00914. The van der Waals surface area contributed by atoms with Gasteiger partial charge in [-0.3, -0.25) is 4.79 Å². The first-order valence-corrected chi connectivity index (χ1v) is 6.38.